The van der Waals surface area contributed by atoms with E-state index in [9.17, 15) is 14.4 Å². The molecule has 0 unspecified atom stereocenters. The van der Waals surface area contributed by atoms with E-state index in [1.54, 1.807) is 48.5 Å². The molecule has 0 spiro atoms. The van der Waals surface area contributed by atoms with E-state index in [1.807, 2.05) is 19.1 Å². The first-order valence-electron chi connectivity index (χ1n) is 9.99. The van der Waals surface area contributed by atoms with E-state index >= 15 is 0 Å². The zero-order valence-electron chi connectivity index (χ0n) is 18.0. The van der Waals surface area contributed by atoms with Gasteiger partial charge in [0.05, 0.1) is 6.21 Å². The third-order valence-corrected chi connectivity index (χ3v) is 5.13. The number of rotatable bonds is 7. The van der Waals surface area contributed by atoms with Gasteiger partial charge >= 0.3 is 11.8 Å². The number of aryl methyl sites for hydroxylation is 1. The van der Waals surface area contributed by atoms with Gasteiger partial charge in [0.25, 0.3) is 5.91 Å². The third kappa shape index (κ3) is 7.43. The van der Waals surface area contributed by atoms with Crippen molar-refractivity contribution < 1.29 is 19.1 Å². The summed E-state index contributed by atoms with van der Waals surface area (Å²) in [7, 11) is 0. The summed E-state index contributed by atoms with van der Waals surface area (Å²) < 4.78 is 6.53. The predicted octanol–water partition coefficient (Wildman–Crippen LogP) is 4.52. The van der Waals surface area contributed by atoms with Crippen molar-refractivity contribution in [3.05, 3.63) is 87.4 Å². The maximum atomic E-state index is 12.3. The van der Waals surface area contributed by atoms with Gasteiger partial charge in [-0.2, -0.15) is 5.10 Å². The molecular formula is C24H20BrClN4O4. The Balaban J connectivity index is 1.54. The number of para-hydroxylation sites is 1. The highest BCUT2D eigenvalue weighted by molar-refractivity contribution is 9.10. The zero-order valence-corrected chi connectivity index (χ0v) is 20.3. The van der Waals surface area contributed by atoms with Gasteiger partial charge in [-0.1, -0.05) is 45.7 Å². The van der Waals surface area contributed by atoms with Crippen molar-refractivity contribution in [2.75, 3.05) is 17.2 Å². The molecule has 0 saturated heterocycles. The fourth-order valence-corrected chi connectivity index (χ4v) is 3.45. The van der Waals surface area contributed by atoms with Crippen molar-refractivity contribution in [1.29, 1.82) is 0 Å². The Bertz CT molecular complexity index is 1250. The lowest BCUT2D eigenvalue weighted by Gasteiger charge is -2.11. The SMILES string of the molecule is Cc1cc(Br)ccc1NC(=O)COc1ccccc1/C=N\NC(=O)C(=O)Nc1cccc(Cl)c1. The average Bonchev–Trinajstić information content (AvgIpc) is 2.80. The summed E-state index contributed by atoms with van der Waals surface area (Å²) in [5, 5.41) is 9.44. The number of amides is 3. The summed E-state index contributed by atoms with van der Waals surface area (Å²) in [4.78, 5) is 36.3. The number of nitrogens with one attached hydrogen (secondary N) is 3. The number of anilines is 2. The maximum Gasteiger partial charge on any atom is 0.329 e. The molecule has 174 valence electrons. The second-order valence-corrected chi connectivity index (χ2v) is 8.35. The Morgan fingerprint density at radius 2 is 1.79 bits per heavy atom. The smallest absolute Gasteiger partial charge is 0.329 e. The molecule has 0 aliphatic rings. The summed E-state index contributed by atoms with van der Waals surface area (Å²) in [5.41, 5.74) is 4.63. The molecule has 3 N–H and O–H groups in total. The molecule has 0 radical (unpaired) electrons. The number of hydrazone groups is 1. The lowest BCUT2D eigenvalue weighted by atomic mass is 10.2. The van der Waals surface area contributed by atoms with E-state index in [0.717, 1.165) is 10.0 Å². The van der Waals surface area contributed by atoms with Crippen molar-refractivity contribution in [2.24, 2.45) is 5.10 Å². The van der Waals surface area contributed by atoms with Gasteiger partial charge in [0.15, 0.2) is 6.61 Å². The fraction of sp³-hybridized carbons (Fsp3) is 0.0833. The number of hydrogen-bond acceptors (Lipinski definition) is 5. The van der Waals surface area contributed by atoms with Crippen LogP contribution in [0.4, 0.5) is 11.4 Å². The summed E-state index contributed by atoms with van der Waals surface area (Å²) >= 11 is 9.24. The highest BCUT2D eigenvalue weighted by Crippen LogP contribution is 2.20. The molecule has 0 aromatic heterocycles. The average molecular weight is 544 g/mol. The maximum absolute atomic E-state index is 12.3. The topological polar surface area (TPSA) is 109 Å². The molecule has 34 heavy (non-hydrogen) atoms. The molecule has 0 aliphatic carbocycles. The lowest BCUT2D eigenvalue weighted by molar-refractivity contribution is -0.136. The van der Waals surface area contributed by atoms with Gasteiger partial charge in [-0.3, -0.25) is 14.4 Å². The second kappa shape index (κ2) is 12.0. The van der Waals surface area contributed by atoms with Crippen molar-refractivity contribution in [1.82, 2.24) is 5.43 Å². The standard InChI is InChI=1S/C24H20BrClN4O4/c1-15-11-17(25)9-10-20(15)29-22(31)14-34-21-8-3-2-5-16(21)13-27-30-24(33)23(32)28-19-7-4-6-18(26)12-19/h2-13H,14H2,1H3,(H,28,32)(H,29,31)(H,30,33)/b27-13-. The van der Waals surface area contributed by atoms with E-state index < -0.39 is 11.8 Å². The Hall–Kier alpha value is -3.69. The minimum Gasteiger partial charge on any atom is -0.483 e. The van der Waals surface area contributed by atoms with E-state index in [0.29, 0.717) is 27.7 Å². The van der Waals surface area contributed by atoms with Crippen molar-refractivity contribution in [3.63, 3.8) is 0 Å². The van der Waals surface area contributed by atoms with Crippen LogP contribution >= 0.6 is 27.5 Å². The molecular weight excluding hydrogens is 524 g/mol. The van der Waals surface area contributed by atoms with Gasteiger partial charge in [0.2, 0.25) is 0 Å². The molecule has 0 heterocycles. The van der Waals surface area contributed by atoms with E-state index in [1.165, 1.54) is 12.3 Å². The third-order valence-electron chi connectivity index (χ3n) is 4.40. The molecule has 0 bridgehead atoms. The quantitative estimate of drug-likeness (QED) is 0.231. The van der Waals surface area contributed by atoms with Crippen LogP contribution in [-0.4, -0.2) is 30.5 Å². The van der Waals surface area contributed by atoms with Crippen molar-refractivity contribution in [2.45, 2.75) is 6.92 Å². The second-order valence-electron chi connectivity index (χ2n) is 7.00. The van der Waals surface area contributed by atoms with E-state index in [-0.39, 0.29) is 12.5 Å². The van der Waals surface area contributed by atoms with Crippen LogP contribution in [0.15, 0.2) is 76.3 Å². The van der Waals surface area contributed by atoms with Crippen molar-refractivity contribution in [3.8, 4) is 5.75 Å². The van der Waals surface area contributed by atoms with Crippen LogP contribution < -0.4 is 20.8 Å². The molecule has 0 saturated carbocycles. The number of nitrogens with zero attached hydrogens (tertiary/aromatic N) is 1. The molecule has 3 aromatic rings. The number of halogens is 2. The molecule has 0 atom stereocenters. The predicted molar refractivity (Wildman–Crippen MR) is 135 cm³/mol. The number of carbonyl (C=O) groups excluding carboxylic acids is 3. The van der Waals surface area contributed by atoms with Gasteiger partial charge in [-0.25, -0.2) is 5.43 Å². The zero-order chi connectivity index (χ0) is 24.5. The minimum atomic E-state index is -0.959. The van der Waals surface area contributed by atoms with Gasteiger partial charge in [0.1, 0.15) is 5.75 Å². The first-order valence-corrected chi connectivity index (χ1v) is 11.2. The first kappa shape index (κ1) is 24.9. The summed E-state index contributed by atoms with van der Waals surface area (Å²) in [6.45, 7) is 1.66. The van der Waals surface area contributed by atoms with E-state index in [4.69, 9.17) is 16.3 Å². The number of carbonyl (C=O) groups is 3. The first-order chi connectivity index (χ1) is 16.3. The van der Waals surface area contributed by atoms with Gasteiger partial charge in [-0.05, 0) is 61.0 Å². The van der Waals surface area contributed by atoms with Crippen LogP contribution in [0.25, 0.3) is 0 Å². The molecule has 0 aliphatic heterocycles. The van der Waals surface area contributed by atoms with E-state index in [2.05, 4.69) is 37.1 Å². The lowest BCUT2D eigenvalue weighted by Crippen LogP contribution is -2.32. The monoisotopic (exact) mass is 542 g/mol. The normalized spacial score (nSPS) is 10.6. The molecule has 8 nitrogen and oxygen atoms in total. The fourth-order valence-electron chi connectivity index (χ4n) is 2.78. The van der Waals surface area contributed by atoms with Gasteiger partial charge < -0.3 is 15.4 Å². The van der Waals surface area contributed by atoms with Crippen molar-refractivity contribution >= 4 is 62.8 Å². The van der Waals surface area contributed by atoms with Crippen LogP contribution in [-0.2, 0) is 14.4 Å². The Morgan fingerprint density at radius 3 is 2.56 bits per heavy atom. The Morgan fingerprint density at radius 1 is 1.00 bits per heavy atom. The number of hydrogen-bond donors (Lipinski definition) is 3. The van der Waals surface area contributed by atoms with Crippen LogP contribution in [0.3, 0.4) is 0 Å². The Labute approximate surface area is 209 Å². The van der Waals surface area contributed by atoms with Crippen LogP contribution in [0.2, 0.25) is 5.02 Å². The largest absolute Gasteiger partial charge is 0.483 e. The summed E-state index contributed by atoms with van der Waals surface area (Å²) in [5.74, 6) is -1.81. The number of benzene rings is 3. The molecule has 0 fully saturated rings. The molecule has 3 aromatic carbocycles. The minimum absolute atomic E-state index is 0.227. The van der Waals surface area contributed by atoms with Crippen LogP contribution in [0, 0.1) is 6.92 Å². The molecule has 3 amide bonds. The highest BCUT2D eigenvalue weighted by Gasteiger charge is 2.13. The molecule has 10 heteroatoms. The van der Waals surface area contributed by atoms with Crippen LogP contribution in [0.5, 0.6) is 5.75 Å². The number of ether oxygens (including phenoxy) is 1. The highest BCUT2D eigenvalue weighted by atomic mass is 79.9. The van der Waals surface area contributed by atoms with Gasteiger partial charge in [0, 0.05) is 26.4 Å². The van der Waals surface area contributed by atoms with Gasteiger partial charge in [-0.15, -0.1) is 0 Å². The Kier molecular flexibility index (Phi) is 8.78. The summed E-state index contributed by atoms with van der Waals surface area (Å²) in [6.07, 6.45) is 1.32. The summed E-state index contributed by atoms with van der Waals surface area (Å²) in [6, 6.07) is 18.8. The molecule has 3 rings (SSSR count). The van der Waals surface area contributed by atoms with Crippen LogP contribution in [0.1, 0.15) is 11.1 Å².